The van der Waals surface area contributed by atoms with E-state index < -0.39 is 0 Å². The van der Waals surface area contributed by atoms with Gasteiger partial charge in [0, 0.05) is 43.9 Å². The summed E-state index contributed by atoms with van der Waals surface area (Å²) >= 11 is 0. The molecule has 2 aromatic heterocycles. The monoisotopic (exact) mass is 217 g/mol. The molecule has 0 bridgehead atoms. The molecule has 0 aliphatic carbocycles. The van der Waals surface area contributed by atoms with Gasteiger partial charge >= 0.3 is 0 Å². The minimum atomic E-state index is 0.770. The van der Waals surface area contributed by atoms with E-state index in [9.17, 15) is 0 Å². The lowest BCUT2D eigenvalue weighted by molar-refractivity contribution is 0.631. The molecule has 0 saturated carbocycles. The topological polar surface area (TPSA) is 66.5 Å². The second-order valence-corrected chi connectivity index (χ2v) is 3.51. The van der Waals surface area contributed by atoms with Crippen molar-refractivity contribution in [1.29, 1.82) is 0 Å². The Morgan fingerprint density at radius 1 is 1.19 bits per heavy atom. The Hall–Kier alpha value is -1.75. The predicted molar refractivity (Wildman–Crippen MR) is 60.6 cm³/mol. The Kier molecular flexibility index (Phi) is 4.01. The van der Waals surface area contributed by atoms with E-state index in [2.05, 4.69) is 25.3 Å². The Morgan fingerprint density at radius 2 is 2.19 bits per heavy atom. The molecule has 5 nitrogen and oxygen atoms in total. The van der Waals surface area contributed by atoms with Gasteiger partial charge in [-0.25, -0.2) is 4.98 Å². The lowest BCUT2D eigenvalue weighted by Crippen LogP contribution is -2.16. The molecule has 16 heavy (non-hydrogen) atoms. The van der Waals surface area contributed by atoms with Crippen LogP contribution in [-0.2, 0) is 13.0 Å². The largest absolute Gasteiger partial charge is 0.349 e. The molecule has 2 rings (SSSR count). The molecule has 0 aromatic carbocycles. The van der Waals surface area contributed by atoms with Crippen LogP contribution in [0.2, 0.25) is 0 Å². The summed E-state index contributed by atoms with van der Waals surface area (Å²) in [6.07, 6.45) is 10.8. The van der Waals surface area contributed by atoms with Gasteiger partial charge in [-0.1, -0.05) is 0 Å². The van der Waals surface area contributed by atoms with E-state index in [0.717, 1.165) is 37.4 Å². The summed E-state index contributed by atoms with van der Waals surface area (Å²) in [6, 6.07) is 0. The molecule has 0 aliphatic rings. The fraction of sp³-hybridized carbons (Fsp3) is 0.364. The maximum atomic E-state index is 4.18. The van der Waals surface area contributed by atoms with E-state index in [-0.39, 0.29) is 0 Å². The number of nitrogens with zero attached hydrogens (tertiary/aromatic N) is 3. The number of rotatable bonds is 6. The third kappa shape index (κ3) is 3.43. The lowest BCUT2D eigenvalue weighted by atomic mass is 10.3. The maximum Gasteiger partial charge on any atom is 0.106 e. The fourth-order valence-electron chi connectivity index (χ4n) is 1.45. The number of imidazole rings is 1. The van der Waals surface area contributed by atoms with Crippen LogP contribution in [-0.4, -0.2) is 26.5 Å². The van der Waals surface area contributed by atoms with Gasteiger partial charge in [0.1, 0.15) is 5.82 Å². The summed E-state index contributed by atoms with van der Waals surface area (Å²) in [7, 11) is 0. The van der Waals surface area contributed by atoms with E-state index in [0.29, 0.717) is 0 Å². The van der Waals surface area contributed by atoms with Crippen molar-refractivity contribution in [2.75, 3.05) is 6.54 Å². The van der Waals surface area contributed by atoms with Crippen LogP contribution in [0, 0.1) is 0 Å². The summed E-state index contributed by atoms with van der Waals surface area (Å²) < 4.78 is 0. The van der Waals surface area contributed by atoms with Crippen LogP contribution in [0.5, 0.6) is 0 Å². The molecule has 2 aromatic rings. The molecular formula is C11H15N5. The molecule has 84 valence electrons. The zero-order chi connectivity index (χ0) is 11.1. The summed E-state index contributed by atoms with van der Waals surface area (Å²) in [6.45, 7) is 1.73. The van der Waals surface area contributed by atoms with Gasteiger partial charge in [0.15, 0.2) is 0 Å². The van der Waals surface area contributed by atoms with Crippen LogP contribution in [0.1, 0.15) is 17.9 Å². The standard InChI is InChI=1S/C11H15N5/c1(2-11-15-6-7-16-11)3-12-8-10-9-13-4-5-14-10/h4-7,9,12H,1-3,8H2,(H,15,16). The molecule has 5 heteroatoms. The molecular weight excluding hydrogens is 202 g/mol. The summed E-state index contributed by atoms with van der Waals surface area (Å²) in [5, 5.41) is 3.32. The fourth-order valence-corrected chi connectivity index (χ4v) is 1.45. The number of aromatic amines is 1. The highest BCUT2D eigenvalue weighted by Gasteiger charge is 1.95. The van der Waals surface area contributed by atoms with Gasteiger partial charge in [0.05, 0.1) is 5.69 Å². The van der Waals surface area contributed by atoms with Crippen molar-refractivity contribution in [3.8, 4) is 0 Å². The van der Waals surface area contributed by atoms with Gasteiger partial charge in [0.2, 0.25) is 0 Å². The first-order chi connectivity index (χ1) is 7.95. The summed E-state index contributed by atoms with van der Waals surface area (Å²) in [5.74, 6) is 1.04. The normalized spacial score (nSPS) is 10.5. The van der Waals surface area contributed by atoms with Crippen LogP contribution in [0.25, 0.3) is 0 Å². The quantitative estimate of drug-likeness (QED) is 0.706. The molecule has 0 radical (unpaired) electrons. The van der Waals surface area contributed by atoms with Gasteiger partial charge in [-0.15, -0.1) is 0 Å². The number of hydrogen-bond acceptors (Lipinski definition) is 4. The third-order valence-corrected chi connectivity index (χ3v) is 2.24. The van der Waals surface area contributed by atoms with E-state index in [1.807, 2.05) is 6.20 Å². The first kappa shape index (κ1) is 10.8. The first-order valence-electron chi connectivity index (χ1n) is 5.39. The van der Waals surface area contributed by atoms with Crippen molar-refractivity contribution in [3.63, 3.8) is 0 Å². The van der Waals surface area contributed by atoms with Crippen LogP contribution < -0.4 is 5.32 Å². The smallest absolute Gasteiger partial charge is 0.106 e. The number of H-pyrrole nitrogens is 1. The van der Waals surface area contributed by atoms with Crippen molar-refractivity contribution in [3.05, 3.63) is 42.5 Å². The molecule has 0 unspecified atom stereocenters. The van der Waals surface area contributed by atoms with Crippen molar-refractivity contribution < 1.29 is 0 Å². The van der Waals surface area contributed by atoms with Gasteiger partial charge in [-0.2, -0.15) is 0 Å². The van der Waals surface area contributed by atoms with Gasteiger partial charge in [-0.3, -0.25) is 9.97 Å². The number of nitrogens with one attached hydrogen (secondary N) is 2. The van der Waals surface area contributed by atoms with Gasteiger partial charge < -0.3 is 10.3 Å². The van der Waals surface area contributed by atoms with E-state index in [1.165, 1.54) is 0 Å². The number of aromatic nitrogens is 4. The SMILES string of the molecule is c1cnc(CNCCCc2ncc[nH]2)cn1. The van der Waals surface area contributed by atoms with E-state index in [1.54, 1.807) is 24.8 Å². The first-order valence-corrected chi connectivity index (χ1v) is 5.39. The van der Waals surface area contributed by atoms with Gasteiger partial charge in [0.25, 0.3) is 0 Å². The lowest BCUT2D eigenvalue weighted by Gasteiger charge is -2.02. The zero-order valence-electron chi connectivity index (χ0n) is 9.06. The van der Waals surface area contributed by atoms with Gasteiger partial charge in [-0.05, 0) is 13.0 Å². The van der Waals surface area contributed by atoms with Crippen LogP contribution in [0.15, 0.2) is 31.0 Å². The number of aryl methyl sites for hydroxylation is 1. The number of hydrogen-bond donors (Lipinski definition) is 2. The molecule has 0 fully saturated rings. The van der Waals surface area contributed by atoms with Crippen LogP contribution in [0.4, 0.5) is 0 Å². The molecule has 0 spiro atoms. The Labute approximate surface area is 94.4 Å². The molecule has 0 amide bonds. The Bertz CT molecular complexity index is 384. The van der Waals surface area contributed by atoms with Crippen LogP contribution >= 0.6 is 0 Å². The highest BCUT2D eigenvalue weighted by Crippen LogP contribution is 1.94. The third-order valence-electron chi connectivity index (χ3n) is 2.24. The zero-order valence-corrected chi connectivity index (χ0v) is 9.06. The molecule has 2 N–H and O–H groups in total. The van der Waals surface area contributed by atoms with Crippen molar-refractivity contribution >= 4 is 0 Å². The minimum absolute atomic E-state index is 0.770. The molecule has 0 atom stereocenters. The minimum Gasteiger partial charge on any atom is -0.349 e. The van der Waals surface area contributed by atoms with Crippen molar-refractivity contribution in [2.45, 2.75) is 19.4 Å². The predicted octanol–water partition coefficient (Wildman–Crippen LogP) is 0.922. The van der Waals surface area contributed by atoms with Crippen molar-refractivity contribution in [2.24, 2.45) is 0 Å². The average molecular weight is 217 g/mol. The van der Waals surface area contributed by atoms with E-state index >= 15 is 0 Å². The molecule has 0 aliphatic heterocycles. The molecule has 2 heterocycles. The second-order valence-electron chi connectivity index (χ2n) is 3.51. The van der Waals surface area contributed by atoms with Crippen molar-refractivity contribution in [1.82, 2.24) is 25.3 Å². The maximum absolute atomic E-state index is 4.18. The molecule has 0 saturated heterocycles. The second kappa shape index (κ2) is 5.97. The Balaban J connectivity index is 1.59. The average Bonchev–Trinajstić information content (AvgIpc) is 2.83. The summed E-state index contributed by atoms with van der Waals surface area (Å²) in [5.41, 5.74) is 0.973. The highest BCUT2D eigenvalue weighted by atomic mass is 14.9. The highest BCUT2D eigenvalue weighted by molar-refractivity contribution is 4.93. The Morgan fingerprint density at radius 3 is 2.94 bits per heavy atom. The van der Waals surface area contributed by atoms with E-state index in [4.69, 9.17) is 0 Å². The summed E-state index contributed by atoms with van der Waals surface area (Å²) in [4.78, 5) is 15.4. The van der Waals surface area contributed by atoms with Crippen LogP contribution in [0.3, 0.4) is 0 Å².